The highest BCUT2D eigenvalue weighted by Gasteiger charge is 2.22. The summed E-state index contributed by atoms with van der Waals surface area (Å²) in [4.78, 5) is 20.6. The molecule has 1 aliphatic carbocycles. The summed E-state index contributed by atoms with van der Waals surface area (Å²) < 4.78 is 5.80. The van der Waals surface area contributed by atoms with Crippen LogP contribution >= 0.6 is 0 Å². The Bertz CT molecular complexity index is 634. The zero-order chi connectivity index (χ0) is 14.7. The Morgan fingerprint density at radius 3 is 2.57 bits per heavy atom. The minimum atomic E-state index is -0.0843. The highest BCUT2D eigenvalue weighted by Crippen LogP contribution is 2.33. The molecule has 3 rings (SSSR count). The minimum absolute atomic E-state index is 0.0843. The van der Waals surface area contributed by atoms with Crippen LogP contribution in [-0.4, -0.2) is 15.8 Å². The van der Waals surface area contributed by atoms with E-state index < -0.39 is 0 Å². The molecule has 0 aliphatic heterocycles. The first-order valence-corrected chi connectivity index (χ1v) is 7.35. The largest absolute Gasteiger partial charge is 0.438 e. The molecule has 1 saturated carbocycles. The number of nitrogens with zero attached hydrogens (tertiary/aromatic N) is 2. The quantitative estimate of drug-likeness (QED) is 0.791. The topological polar surface area (TPSA) is 52.1 Å². The zero-order valence-corrected chi connectivity index (χ0v) is 12.1. The number of benzene rings is 1. The molecule has 1 heterocycles. The Kier molecular flexibility index (Phi) is 3.95. The lowest BCUT2D eigenvalue weighted by atomic mass is 10.1. The molecule has 0 amide bonds. The predicted octanol–water partition coefficient (Wildman–Crippen LogP) is 4.13. The van der Waals surface area contributed by atoms with E-state index in [1.807, 2.05) is 30.3 Å². The van der Waals surface area contributed by atoms with Gasteiger partial charge in [0.1, 0.15) is 11.6 Å². The van der Waals surface area contributed by atoms with Gasteiger partial charge in [-0.15, -0.1) is 0 Å². The van der Waals surface area contributed by atoms with E-state index >= 15 is 0 Å². The molecule has 0 spiro atoms. The number of Topliss-reactive ketones (excluding diaryl/α,β-unsaturated/α-hetero) is 1. The fourth-order valence-corrected chi connectivity index (χ4v) is 2.68. The van der Waals surface area contributed by atoms with Crippen molar-refractivity contribution in [1.29, 1.82) is 0 Å². The molecule has 4 nitrogen and oxygen atoms in total. The number of carbonyl (C=O) groups is 1. The van der Waals surface area contributed by atoms with E-state index in [4.69, 9.17) is 4.74 Å². The summed E-state index contributed by atoms with van der Waals surface area (Å²) in [6.45, 7) is 1.51. The maximum Gasteiger partial charge on any atom is 0.233 e. The fourth-order valence-electron chi connectivity index (χ4n) is 2.68. The Hall–Kier alpha value is -2.23. The molecular formula is C17H18N2O2. The van der Waals surface area contributed by atoms with Gasteiger partial charge >= 0.3 is 0 Å². The van der Waals surface area contributed by atoms with Crippen LogP contribution < -0.4 is 4.74 Å². The van der Waals surface area contributed by atoms with Crippen molar-refractivity contribution in [2.24, 2.45) is 0 Å². The highest BCUT2D eigenvalue weighted by molar-refractivity contribution is 5.96. The Morgan fingerprint density at radius 2 is 1.90 bits per heavy atom. The summed E-state index contributed by atoms with van der Waals surface area (Å²) in [5.74, 6) is 2.15. The minimum Gasteiger partial charge on any atom is -0.438 e. The van der Waals surface area contributed by atoms with Crippen LogP contribution in [0.25, 0.3) is 0 Å². The van der Waals surface area contributed by atoms with Gasteiger partial charge in [0.25, 0.3) is 0 Å². The molecule has 0 N–H and O–H groups in total. The van der Waals surface area contributed by atoms with Gasteiger partial charge in [-0.25, -0.2) is 4.98 Å². The van der Waals surface area contributed by atoms with Gasteiger partial charge in [-0.3, -0.25) is 4.79 Å². The number of aromatic nitrogens is 2. The first kappa shape index (κ1) is 13.7. The standard InChI is InChI=1S/C17H18N2O2/c1-12(20)15-11-18-16(13-7-5-6-8-13)19-17(15)21-14-9-3-2-4-10-14/h2-4,9-11,13H,5-8H2,1H3. The van der Waals surface area contributed by atoms with E-state index in [2.05, 4.69) is 9.97 Å². The molecule has 4 heteroatoms. The van der Waals surface area contributed by atoms with Crippen LogP contribution in [0, 0.1) is 0 Å². The molecule has 21 heavy (non-hydrogen) atoms. The summed E-state index contributed by atoms with van der Waals surface area (Å²) in [5, 5.41) is 0. The van der Waals surface area contributed by atoms with E-state index in [9.17, 15) is 4.79 Å². The third kappa shape index (κ3) is 3.10. The second-order valence-electron chi connectivity index (χ2n) is 5.40. The van der Waals surface area contributed by atoms with Gasteiger partial charge in [0.2, 0.25) is 5.88 Å². The number of ketones is 1. The maximum atomic E-state index is 11.7. The van der Waals surface area contributed by atoms with E-state index in [0.717, 1.165) is 18.7 Å². The monoisotopic (exact) mass is 282 g/mol. The zero-order valence-electron chi connectivity index (χ0n) is 12.1. The van der Waals surface area contributed by atoms with Crippen LogP contribution in [0.15, 0.2) is 36.5 Å². The average Bonchev–Trinajstić information content (AvgIpc) is 3.02. The number of ether oxygens (including phenoxy) is 1. The summed E-state index contributed by atoms with van der Waals surface area (Å²) in [6.07, 6.45) is 6.27. The van der Waals surface area contributed by atoms with Gasteiger partial charge in [-0.2, -0.15) is 4.98 Å². The van der Waals surface area contributed by atoms with Crippen molar-refractivity contribution in [3.8, 4) is 11.6 Å². The molecule has 0 bridgehead atoms. The van der Waals surface area contributed by atoms with Crippen molar-refractivity contribution < 1.29 is 9.53 Å². The van der Waals surface area contributed by atoms with Gasteiger partial charge in [0.15, 0.2) is 5.78 Å². The van der Waals surface area contributed by atoms with Gasteiger partial charge < -0.3 is 4.74 Å². The van der Waals surface area contributed by atoms with Crippen LogP contribution in [0.1, 0.15) is 54.7 Å². The first-order valence-electron chi connectivity index (χ1n) is 7.35. The van der Waals surface area contributed by atoms with E-state index in [-0.39, 0.29) is 5.78 Å². The molecule has 0 radical (unpaired) electrons. The number of hydrogen-bond donors (Lipinski definition) is 0. The second-order valence-corrected chi connectivity index (χ2v) is 5.40. The molecule has 0 atom stereocenters. The molecule has 1 fully saturated rings. The normalized spacial score (nSPS) is 15.1. The van der Waals surface area contributed by atoms with Crippen LogP contribution in [0.2, 0.25) is 0 Å². The van der Waals surface area contributed by atoms with Gasteiger partial charge in [-0.05, 0) is 31.9 Å². The lowest BCUT2D eigenvalue weighted by Gasteiger charge is -2.12. The van der Waals surface area contributed by atoms with Crippen molar-refractivity contribution in [1.82, 2.24) is 9.97 Å². The Balaban J connectivity index is 1.94. The van der Waals surface area contributed by atoms with E-state index in [1.54, 1.807) is 6.20 Å². The van der Waals surface area contributed by atoms with Crippen LogP contribution in [0.5, 0.6) is 11.6 Å². The van der Waals surface area contributed by atoms with Gasteiger partial charge in [-0.1, -0.05) is 31.0 Å². The Labute approximate surface area is 124 Å². The molecule has 108 valence electrons. The molecule has 2 aromatic rings. The number of hydrogen-bond acceptors (Lipinski definition) is 4. The molecule has 1 aliphatic rings. The maximum absolute atomic E-state index is 11.7. The van der Waals surface area contributed by atoms with Crippen molar-refractivity contribution >= 4 is 5.78 Å². The summed E-state index contributed by atoms with van der Waals surface area (Å²) in [5.41, 5.74) is 0.431. The molecular weight excluding hydrogens is 264 g/mol. The van der Waals surface area contributed by atoms with E-state index in [1.165, 1.54) is 19.8 Å². The molecule has 0 unspecified atom stereocenters. The summed E-state index contributed by atoms with van der Waals surface area (Å²) >= 11 is 0. The molecule has 1 aromatic heterocycles. The lowest BCUT2D eigenvalue weighted by Crippen LogP contribution is -2.07. The highest BCUT2D eigenvalue weighted by atomic mass is 16.5. The third-order valence-electron chi connectivity index (χ3n) is 3.83. The number of carbonyl (C=O) groups excluding carboxylic acids is 1. The van der Waals surface area contributed by atoms with Gasteiger partial charge in [0, 0.05) is 12.1 Å². The Morgan fingerprint density at radius 1 is 1.19 bits per heavy atom. The SMILES string of the molecule is CC(=O)c1cnc(C2CCCC2)nc1Oc1ccccc1. The predicted molar refractivity (Wildman–Crippen MR) is 79.8 cm³/mol. The smallest absolute Gasteiger partial charge is 0.233 e. The number of rotatable bonds is 4. The van der Waals surface area contributed by atoms with E-state index in [0.29, 0.717) is 23.1 Å². The van der Waals surface area contributed by atoms with Crippen LogP contribution in [-0.2, 0) is 0 Å². The molecule has 0 saturated heterocycles. The summed E-state index contributed by atoms with van der Waals surface area (Å²) in [6, 6.07) is 9.40. The van der Waals surface area contributed by atoms with Crippen molar-refractivity contribution in [3.05, 3.63) is 47.9 Å². The lowest BCUT2D eigenvalue weighted by molar-refractivity contribution is 0.101. The van der Waals surface area contributed by atoms with Crippen LogP contribution in [0.4, 0.5) is 0 Å². The summed E-state index contributed by atoms with van der Waals surface area (Å²) in [7, 11) is 0. The first-order chi connectivity index (χ1) is 10.2. The van der Waals surface area contributed by atoms with Crippen molar-refractivity contribution in [2.75, 3.05) is 0 Å². The van der Waals surface area contributed by atoms with Crippen LogP contribution in [0.3, 0.4) is 0 Å². The molecule has 1 aromatic carbocycles. The third-order valence-corrected chi connectivity index (χ3v) is 3.83. The van der Waals surface area contributed by atoms with Crippen molar-refractivity contribution in [2.45, 2.75) is 38.5 Å². The number of para-hydroxylation sites is 1. The second kappa shape index (κ2) is 6.04. The fraction of sp³-hybridized carbons (Fsp3) is 0.353. The van der Waals surface area contributed by atoms with Gasteiger partial charge in [0.05, 0.1) is 5.56 Å². The van der Waals surface area contributed by atoms with Crippen molar-refractivity contribution in [3.63, 3.8) is 0 Å². The average molecular weight is 282 g/mol.